The molecule has 1 unspecified atom stereocenters. The van der Waals surface area contributed by atoms with E-state index in [1.165, 1.54) is 12.4 Å². The normalized spacial score (nSPS) is 20.9. The summed E-state index contributed by atoms with van der Waals surface area (Å²) in [7, 11) is 1.56. The maximum atomic E-state index is 13.5. The minimum atomic E-state index is -4.68. The van der Waals surface area contributed by atoms with Crippen LogP contribution in [-0.4, -0.2) is 84.6 Å². The van der Waals surface area contributed by atoms with Crippen molar-refractivity contribution in [3.8, 4) is 23.2 Å². The summed E-state index contributed by atoms with van der Waals surface area (Å²) in [4.78, 5) is 21.6. The third-order valence-electron chi connectivity index (χ3n) is 8.60. The SMILES string of the molecule is COCC(C)NCc1cc(O[C@H]2CC[C@@H](N3CC(CC#N)(n4cc(-c5ncnc6[nH]ccc56)cn4)C3)CC2)nc(C(F)(F)F)n1. The highest BCUT2D eigenvalue weighted by Crippen LogP contribution is 2.39. The van der Waals surface area contributed by atoms with Crippen molar-refractivity contribution >= 4 is 11.0 Å². The molecule has 4 aromatic heterocycles. The number of nitrogens with one attached hydrogen (secondary N) is 2. The lowest BCUT2D eigenvalue weighted by Crippen LogP contribution is -2.65. The number of halogens is 3. The lowest BCUT2D eigenvalue weighted by Gasteiger charge is -2.53. The first-order valence-electron chi connectivity index (χ1n) is 15.0. The molecule has 238 valence electrons. The summed E-state index contributed by atoms with van der Waals surface area (Å²) in [6.07, 6.45) is 5.47. The van der Waals surface area contributed by atoms with Gasteiger partial charge in [-0.3, -0.25) is 9.58 Å². The highest BCUT2D eigenvalue weighted by molar-refractivity contribution is 5.90. The van der Waals surface area contributed by atoms with Crippen LogP contribution in [0, 0.1) is 11.3 Å². The third kappa shape index (κ3) is 6.63. The van der Waals surface area contributed by atoms with Gasteiger partial charge in [-0.25, -0.2) is 15.0 Å². The molecular weight excluding hydrogens is 589 g/mol. The van der Waals surface area contributed by atoms with Gasteiger partial charge in [0.1, 0.15) is 23.6 Å². The molecule has 1 aliphatic heterocycles. The summed E-state index contributed by atoms with van der Waals surface area (Å²) < 4.78 is 53.6. The second kappa shape index (κ2) is 12.7. The lowest BCUT2D eigenvalue weighted by atomic mass is 9.82. The Balaban J connectivity index is 1.07. The summed E-state index contributed by atoms with van der Waals surface area (Å²) in [5, 5.41) is 18.3. The van der Waals surface area contributed by atoms with Crippen LogP contribution in [0.4, 0.5) is 13.2 Å². The molecule has 15 heteroatoms. The zero-order valence-corrected chi connectivity index (χ0v) is 25.1. The summed E-state index contributed by atoms with van der Waals surface area (Å²) in [6, 6.07) is 5.97. The first-order valence-corrected chi connectivity index (χ1v) is 15.0. The predicted molar refractivity (Wildman–Crippen MR) is 157 cm³/mol. The maximum absolute atomic E-state index is 13.5. The first-order chi connectivity index (χ1) is 21.7. The minimum Gasteiger partial charge on any atom is -0.474 e. The lowest BCUT2D eigenvalue weighted by molar-refractivity contribution is -0.145. The van der Waals surface area contributed by atoms with Gasteiger partial charge in [-0.1, -0.05) is 0 Å². The van der Waals surface area contributed by atoms with Crippen LogP contribution < -0.4 is 10.1 Å². The van der Waals surface area contributed by atoms with Crippen LogP contribution in [0.3, 0.4) is 0 Å². The molecule has 4 aromatic rings. The second-order valence-electron chi connectivity index (χ2n) is 11.9. The Labute approximate surface area is 258 Å². The number of aromatic nitrogens is 7. The molecule has 5 heterocycles. The van der Waals surface area contributed by atoms with Gasteiger partial charge in [0.15, 0.2) is 0 Å². The van der Waals surface area contributed by atoms with Crippen LogP contribution in [-0.2, 0) is 23.0 Å². The number of hydrogen-bond acceptors (Lipinski definition) is 10. The van der Waals surface area contributed by atoms with Crippen LogP contribution in [0.5, 0.6) is 5.88 Å². The van der Waals surface area contributed by atoms with Crippen molar-refractivity contribution in [3.63, 3.8) is 0 Å². The number of aromatic amines is 1. The summed E-state index contributed by atoms with van der Waals surface area (Å²) >= 11 is 0. The van der Waals surface area contributed by atoms with Gasteiger partial charge < -0.3 is 19.8 Å². The Kier molecular flexibility index (Phi) is 8.71. The average molecular weight is 625 g/mol. The number of fused-ring (bicyclic) bond motifs is 1. The van der Waals surface area contributed by atoms with E-state index in [4.69, 9.17) is 9.47 Å². The number of likely N-dealkylation sites (tertiary alicyclic amines) is 1. The van der Waals surface area contributed by atoms with E-state index in [0.29, 0.717) is 39.0 Å². The van der Waals surface area contributed by atoms with Crippen molar-refractivity contribution < 1.29 is 22.6 Å². The Morgan fingerprint density at radius 3 is 2.73 bits per heavy atom. The molecule has 2 aliphatic rings. The minimum absolute atomic E-state index is 0.0586. The smallest absolute Gasteiger partial charge is 0.451 e. The number of H-pyrrole nitrogens is 1. The molecule has 0 spiro atoms. The molecule has 2 fully saturated rings. The largest absolute Gasteiger partial charge is 0.474 e. The molecule has 6 rings (SSSR count). The van der Waals surface area contributed by atoms with Gasteiger partial charge in [-0.15, -0.1) is 0 Å². The Bertz CT molecular complexity index is 1650. The summed E-state index contributed by atoms with van der Waals surface area (Å²) in [6.45, 7) is 3.79. The van der Waals surface area contributed by atoms with Gasteiger partial charge in [0.25, 0.3) is 0 Å². The molecule has 12 nitrogen and oxygen atoms in total. The van der Waals surface area contributed by atoms with E-state index in [-0.39, 0.29) is 36.3 Å². The van der Waals surface area contributed by atoms with E-state index in [9.17, 15) is 18.4 Å². The van der Waals surface area contributed by atoms with Crippen molar-refractivity contribution in [2.75, 3.05) is 26.8 Å². The average Bonchev–Trinajstić information content (AvgIpc) is 3.69. The number of rotatable bonds is 11. The molecule has 0 bridgehead atoms. The highest BCUT2D eigenvalue weighted by atomic mass is 19.4. The Morgan fingerprint density at radius 2 is 2.00 bits per heavy atom. The van der Waals surface area contributed by atoms with Crippen molar-refractivity contribution in [1.29, 1.82) is 5.26 Å². The van der Waals surface area contributed by atoms with Gasteiger partial charge in [-0.2, -0.15) is 28.5 Å². The zero-order chi connectivity index (χ0) is 31.6. The van der Waals surface area contributed by atoms with Crippen molar-refractivity contribution in [1.82, 2.24) is 44.9 Å². The van der Waals surface area contributed by atoms with E-state index in [1.54, 1.807) is 13.3 Å². The molecular formula is C30H35F3N10O2. The molecule has 0 amide bonds. The molecule has 1 aliphatic carbocycles. The van der Waals surface area contributed by atoms with Crippen molar-refractivity contribution in [2.24, 2.45) is 0 Å². The number of ether oxygens (including phenoxy) is 2. The predicted octanol–water partition coefficient (Wildman–Crippen LogP) is 4.07. The number of alkyl halides is 3. The zero-order valence-electron chi connectivity index (χ0n) is 25.1. The van der Waals surface area contributed by atoms with Crippen LogP contribution in [0.25, 0.3) is 22.3 Å². The number of nitriles is 1. The topological polar surface area (TPSA) is 143 Å². The monoisotopic (exact) mass is 624 g/mol. The molecule has 2 N–H and O–H groups in total. The van der Waals surface area contributed by atoms with Gasteiger partial charge in [0.2, 0.25) is 11.7 Å². The van der Waals surface area contributed by atoms with Crippen LogP contribution in [0.15, 0.2) is 37.1 Å². The maximum Gasteiger partial charge on any atom is 0.451 e. The van der Waals surface area contributed by atoms with Gasteiger partial charge in [0, 0.05) is 68.2 Å². The van der Waals surface area contributed by atoms with Crippen LogP contribution in [0.2, 0.25) is 0 Å². The standard InChI is InChI=1S/C30H35F3N10O2/c1-19(15-44-2)36-13-21-11-25(41-28(40-21)30(31,32)33)45-23-5-3-22(4-6-23)42-16-29(17-42,8-9-34)43-14-20(12-39-43)26-24-7-10-35-27(24)38-18-37-26/h7,10-12,14,18-19,22-23,36H,3-6,8,13,15-17H2,1-2H3,(H,35,37,38)/t19?,22-,23+. The summed E-state index contributed by atoms with van der Waals surface area (Å²) in [5.41, 5.74) is 2.16. The second-order valence-corrected chi connectivity index (χ2v) is 11.9. The number of hydrogen-bond donors (Lipinski definition) is 2. The molecule has 0 aromatic carbocycles. The van der Waals surface area contributed by atoms with E-state index < -0.39 is 17.5 Å². The highest BCUT2D eigenvalue weighted by Gasteiger charge is 2.48. The molecule has 0 radical (unpaired) electrons. The number of methoxy groups -OCH3 is 1. The quantitative estimate of drug-likeness (QED) is 0.251. The molecule has 45 heavy (non-hydrogen) atoms. The van der Waals surface area contributed by atoms with E-state index >= 15 is 0 Å². The first kappa shape index (κ1) is 30.9. The van der Waals surface area contributed by atoms with Crippen LogP contribution in [0.1, 0.15) is 50.5 Å². The Hall–Kier alpha value is -4.13. The number of nitrogens with zero attached hydrogens (tertiary/aromatic N) is 8. The fourth-order valence-electron chi connectivity index (χ4n) is 6.30. The third-order valence-corrected chi connectivity index (χ3v) is 8.60. The van der Waals surface area contributed by atoms with Crippen LogP contribution >= 0.6 is 0 Å². The Morgan fingerprint density at radius 1 is 1.20 bits per heavy atom. The summed E-state index contributed by atoms with van der Waals surface area (Å²) in [5.74, 6) is -1.28. The molecule has 1 saturated carbocycles. The fourth-order valence-corrected chi connectivity index (χ4v) is 6.30. The van der Waals surface area contributed by atoms with Gasteiger partial charge in [0.05, 0.1) is 36.7 Å². The molecule has 1 saturated heterocycles. The van der Waals surface area contributed by atoms with E-state index in [0.717, 1.165) is 35.1 Å². The van der Waals surface area contributed by atoms with E-state index in [2.05, 4.69) is 46.3 Å². The fraction of sp³-hybridized carbons (Fsp3) is 0.533. The van der Waals surface area contributed by atoms with Gasteiger partial charge >= 0.3 is 6.18 Å². The van der Waals surface area contributed by atoms with Crippen molar-refractivity contribution in [2.45, 2.75) is 75.5 Å². The van der Waals surface area contributed by atoms with Crippen molar-refractivity contribution in [3.05, 3.63) is 48.6 Å². The van der Waals surface area contributed by atoms with Gasteiger partial charge in [-0.05, 0) is 38.7 Å². The molecule has 1 atom stereocenters. The van der Waals surface area contributed by atoms with E-state index in [1.807, 2.05) is 30.1 Å².